The Balaban J connectivity index is 1.46. The average molecular weight is 355 g/mol. The molecule has 26 heavy (non-hydrogen) atoms. The first-order chi connectivity index (χ1) is 12.6. The molecule has 136 valence electrons. The molecule has 2 aromatic rings. The number of carbonyl (C=O) groups is 2. The summed E-state index contributed by atoms with van der Waals surface area (Å²) in [5.74, 6) is 0.618. The monoisotopic (exact) mass is 355 g/mol. The zero-order valence-corrected chi connectivity index (χ0v) is 14.6. The van der Waals surface area contributed by atoms with Gasteiger partial charge in [-0.2, -0.15) is 0 Å². The van der Waals surface area contributed by atoms with E-state index in [0.29, 0.717) is 17.9 Å². The first-order valence-corrected chi connectivity index (χ1v) is 8.82. The van der Waals surface area contributed by atoms with Crippen LogP contribution in [0.15, 0.2) is 41.1 Å². The van der Waals surface area contributed by atoms with Crippen molar-refractivity contribution in [3.63, 3.8) is 0 Å². The molecule has 1 fully saturated rings. The Labute approximate surface area is 151 Å². The van der Waals surface area contributed by atoms with Crippen molar-refractivity contribution in [2.75, 3.05) is 13.6 Å². The number of carbonyl (C=O) groups excluding carboxylic acids is 2. The Morgan fingerprint density at radius 2 is 2.04 bits per heavy atom. The third-order valence-electron chi connectivity index (χ3n) is 5.41. The predicted molar refractivity (Wildman–Crippen MR) is 93.0 cm³/mol. The van der Waals surface area contributed by atoms with Crippen LogP contribution < -0.4 is 10.1 Å². The van der Waals surface area contributed by atoms with Crippen molar-refractivity contribution >= 4 is 11.8 Å². The maximum absolute atomic E-state index is 12.4. The van der Waals surface area contributed by atoms with Crippen LogP contribution in [0.5, 0.6) is 5.75 Å². The fourth-order valence-corrected chi connectivity index (χ4v) is 3.81. The smallest absolute Gasteiger partial charge is 0.292 e. The van der Waals surface area contributed by atoms with Crippen LogP contribution in [0.4, 0.5) is 0 Å². The molecule has 1 aromatic heterocycles. The largest absolute Gasteiger partial charge is 0.485 e. The van der Waals surface area contributed by atoms with Crippen LogP contribution in [0.2, 0.25) is 0 Å². The molecule has 0 bridgehead atoms. The van der Waals surface area contributed by atoms with Crippen LogP contribution >= 0.6 is 0 Å². The Morgan fingerprint density at radius 3 is 2.77 bits per heavy atom. The van der Waals surface area contributed by atoms with Gasteiger partial charge in [0.2, 0.25) is 5.76 Å². The minimum Gasteiger partial charge on any atom is -0.485 e. The Kier molecular flexibility index (Phi) is 4.14. The number of ether oxygens (including phenoxy) is 1. The van der Waals surface area contributed by atoms with Crippen LogP contribution in [0.1, 0.15) is 46.6 Å². The van der Waals surface area contributed by atoms with E-state index in [9.17, 15) is 9.59 Å². The van der Waals surface area contributed by atoms with Gasteiger partial charge in [0.25, 0.3) is 11.8 Å². The van der Waals surface area contributed by atoms with Crippen molar-refractivity contribution in [2.24, 2.45) is 0 Å². The zero-order chi connectivity index (χ0) is 18.1. The molecular formula is C19H21N3O4. The van der Waals surface area contributed by atoms with Crippen LogP contribution in [0.25, 0.3) is 0 Å². The zero-order valence-electron chi connectivity index (χ0n) is 14.6. The molecule has 7 heteroatoms. The lowest BCUT2D eigenvalue weighted by atomic mass is 9.81. The highest BCUT2D eigenvalue weighted by Crippen LogP contribution is 2.37. The van der Waals surface area contributed by atoms with Crippen molar-refractivity contribution in [2.45, 2.75) is 37.3 Å². The second-order valence-corrected chi connectivity index (χ2v) is 6.99. The van der Waals surface area contributed by atoms with Gasteiger partial charge < -0.3 is 19.5 Å². The van der Waals surface area contributed by atoms with Crippen molar-refractivity contribution in [3.8, 4) is 5.75 Å². The van der Waals surface area contributed by atoms with E-state index in [2.05, 4.69) is 10.5 Å². The summed E-state index contributed by atoms with van der Waals surface area (Å²) in [5.41, 5.74) is 0.152. The lowest BCUT2D eigenvalue weighted by molar-refractivity contribution is 0.00955. The fraction of sp³-hybridized carbons (Fsp3) is 0.421. The summed E-state index contributed by atoms with van der Waals surface area (Å²) >= 11 is 0. The van der Waals surface area contributed by atoms with E-state index < -0.39 is 5.60 Å². The topological polar surface area (TPSA) is 84.7 Å². The lowest BCUT2D eigenvalue weighted by Crippen LogP contribution is -2.51. The van der Waals surface area contributed by atoms with E-state index in [4.69, 9.17) is 9.26 Å². The molecule has 2 amide bonds. The number of nitrogens with one attached hydrogen (secondary N) is 1. The summed E-state index contributed by atoms with van der Waals surface area (Å²) in [7, 11) is 1.79. The molecule has 2 aliphatic rings. The molecule has 1 N–H and O–H groups in total. The number of benzene rings is 1. The Bertz CT molecular complexity index is 810. The lowest BCUT2D eigenvalue weighted by Gasteiger charge is -2.41. The molecule has 1 spiro atoms. The molecule has 4 rings (SSSR count). The number of rotatable bonds is 2. The first kappa shape index (κ1) is 16.6. The van der Waals surface area contributed by atoms with E-state index >= 15 is 0 Å². The quantitative estimate of drug-likeness (QED) is 0.893. The summed E-state index contributed by atoms with van der Waals surface area (Å²) in [5, 5.41) is 6.58. The van der Waals surface area contributed by atoms with E-state index in [1.807, 2.05) is 18.2 Å². The molecule has 7 nitrogen and oxygen atoms in total. The van der Waals surface area contributed by atoms with Gasteiger partial charge in [-0.05, 0) is 37.8 Å². The predicted octanol–water partition coefficient (Wildman–Crippen LogP) is 2.25. The number of nitrogens with zero attached hydrogens (tertiary/aromatic N) is 2. The van der Waals surface area contributed by atoms with Crippen LogP contribution in [-0.2, 0) is 0 Å². The van der Waals surface area contributed by atoms with Gasteiger partial charge in [0, 0.05) is 19.2 Å². The molecule has 2 heterocycles. The number of fused-ring (bicyclic) bond motifs is 1. The molecule has 0 atom stereocenters. The SMILES string of the molecule is CN(C(=O)c1ccno1)C1CCC2(CC1)CNC(=O)c1ccccc1O2. The summed E-state index contributed by atoms with van der Waals surface area (Å²) in [6, 6.07) is 9.01. The normalized spacial score (nSPS) is 25.0. The molecular weight excluding hydrogens is 334 g/mol. The minimum atomic E-state index is -0.422. The highest BCUT2D eigenvalue weighted by molar-refractivity contribution is 5.97. The second-order valence-electron chi connectivity index (χ2n) is 6.99. The Morgan fingerprint density at radius 1 is 1.27 bits per heavy atom. The van der Waals surface area contributed by atoms with Crippen molar-refractivity contribution in [1.82, 2.24) is 15.4 Å². The van der Waals surface area contributed by atoms with Crippen LogP contribution in [0, 0.1) is 0 Å². The van der Waals surface area contributed by atoms with Crippen molar-refractivity contribution in [3.05, 3.63) is 47.9 Å². The Hall–Kier alpha value is -2.83. The molecule has 1 aliphatic carbocycles. The van der Waals surface area contributed by atoms with E-state index in [1.165, 1.54) is 6.20 Å². The average Bonchev–Trinajstić information content (AvgIpc) is 3.17. The number of amides is 2. The molecule has 1 aromatic carbocycles. The van der Waals surface area contributed by atoms with Gasteiger partial charge in [0.1, 0.15) is 11.4 Å². The highest BCUT2D eigenvalue weighted by atomic mass is 16.5. The van der Waals surface area contributed by atoms with Gasteiger partial charge in [-0.1, -0.05) is 17.3 Å². The van der Waals surface area contributed by atoms with E-state index in [1.54, 1.807) is 24.1 Å². The summed E-state index contributed by atoms with van der Waals surface area (Å²) < 4.78 is 11.3. The van der Waals surface area contributed by atoms with Crippen LogP contribution in [0.3, 0.4) is 0 Å². The van der Waals surface area contributed by atoms with Crippen molar-refractivity contribution < 1.29 is 18.8 Å². The summed E-state index contributed by atoms with van der Waals surface area (Å²) in [4.78, 5) is 26.4. The molecule has 0 unspecified atom stereocenters. The standard InChI is InChI=1S/C19H21N3O4/c1-22(18(24)16-8-11-21-26-16)13-6-9-19(10-7-13)12-20-17(23)14-4-2-3-5-15(14)25-19/h2-5,8,11,13H,6-7,9-10,12H2,1H3,(H,20,23). The summed E-state index contributed by atoms with van der Waals surface area (Å²) in [6.45, 7) is 0.479. The van der Waals surface area contributed by atoms with E-state index in [-0.39, 0.29) is 23.6 Å². The second kappa shape index (κ2) is 6.48. The molecule has 1 saturated carbocycles. The highest BCUT2D eigenvalue weighted by Gasteiger charge is 2.42. The third-order valence-corrected chi connectivity index (χ3v) is 5.41. The number of hydrogen-bond acceptors (Lipinski definition) is 5. The van der Waals surface area contributed by atoms with Gasteiger partial charge >= 0.3 is 0 Å². The molecule has 1 aliphatic heterocycles. The van der Waals surface area contributed by atoms with Gasteiger partial charge in [-0.15, -0.1) is 0 Å². The van der Waals surface area contributed by atoms with Crippen molar-refractivity contribution in [1.29, 1.82) is 0 Å². The number of aromatic nitrogens is 1. The number of hydrogen-bond donors (Lipinski definition) is 1. The maximum Gasteiger partial charge on any atom is 0.292 e. The van der Waals surface area contributed by atoms with Gasteiger partial charge in [-0.3, -0.25) is 9.59 Å². The molecule has 0 saturated heterocycles. The number of para-hydroxylation sites is 1. The molecule has 0 radical (unpaired) electrons. The van der Waals surface area contributed by atoms with Gasteiger partial charge in [0.15, 0.2) is 0 Å². The first-order valence-electron chi connectivity index (χ1n) is 8.82. The van der Waals surface area contributed by atoms with E-state index in [0.717, 1.165) is 25.7 Å². The van der Waals surface area contributed by atoms with Gasteiger partial charge in [-0.25, -0.2) is 0 Å². The van der Waals surface area contributed by atoms with Crippen LogP contribution in [-0.4, -0.2) is 47.1 Å². The summed E-state index contributed by atoms with van der Waals surface area (Å²) in [6.07, 6.45) is 4.60. The van der Waals surface area contributed by atoms with Gasteiger partial charge in [0.05, 0.1) is 18.3 Å². The fourth-order valence-electron chi connectivity index (χ4n) is 3.81. The minimum absolute atomic E-state index is 0.0998. The third kappa shape index (κ3) is 2.94. The maximum atomic E-state index is 12.4.